The molecule has 0 heterocycles. The Morgan fingerprint density at radius 2 is 1.85 bits per heavy atom. The molecule has 0 aromatic rings. The molecule has 0 aliphatic heterocycles. The summed E-state index contributed by atoms with van der Waals surface area (Å²) in [6.45, 7) is 3.96. The number of quaternary nitrogens is 1. The molecule has 8 nitrogen and oxygen atoms in total. The quantitative estimate of drug-likeness (QED) is 0.246. The molecule has 0 aromatic carbocycles. The Morgan fingerprint density at radius 3 is 2.38 bits per heavy atom. The third-order valence-electron chi connectivity index (χ3n) is 3.91. The van der Waals surface area contributed by atoms with Gasteiger partial charge in [0.25, 0.3) is 7.82 Å². The van der Waals surface area contributed by atoms with E-state index in [0.717, 1.165) is 25.7 Å². The molecule has 0 aliphatic rings. The highest BCUT2D eigenvalue weighted by Gasteiger charge is 2.23. The van der Waals surface area contributed by atoms with Crippen LogP contribution in [0.5, 0.6) is 0 Å². The van der Waals surface area contributed by atoms with Crippen LogP contribution in [0.15, 0.2) is 0 Å². The predicted molar refractivity (Wildman–Crippen MR) is 99.4 cm³/mol. The molecular formula is C17H37N2O6P. The van der Waals surface area contributed by atoms with E-state index in [1.165, 1.54) is 0 Å². The minimum Gasteiger partial charge on any atom is -0.756 e. The Kier molecular flexibility index (Phi) is 12.6. The highest BCUT2D eigenvalue weighted by molar-refractivity contribution is 7.45. The minimum atomic E-state index is -4.48. The smallest absolute Gasteiger partial charge is 0.268 e. The number of hydrogen-bond acceptors (Lipinski definition) is 6. The number of aliphatic hydroxyl groups is 1. The maximum Gasteiger partial charge on any atom is 0.268 e. The summed E-state index contributed by atoms with van der Waals surface area (Å²) in [5.74, 6) is -0.266. The maximum absolute atomic E-state index is 11.9. The van der Waals surface area contributed by atoms with E-state index in [4.69, 9.17) is 9.05 Å². The first-order valence-corrected chi connectivity index (χ1v) is 10.8. The lowest BCUT2D eigenvalue weighted by molar-refractivity contribution is -0.870. The Bertz CT molecular complexity index is 441. The van der Waals surface area contributed by atoms with Crippen LogP contribution in [-0.2, 0) is 18.4 Å². The first-order chi connectivity index (χ1) is 12.0. The number of nitrogens with one attached hydrogen (secondary N) is 1. The normalized spacial score (nSPS) is 16.7. The number of unbranched alkanes of at least 4 members (excludes halogenated alkanes) is 3. The zero-order valence-electron chi connectivity index (χ0n) is 16.9. The van der Waals surface area contributed by atoms with Crippen LogP contribution in [0, 0.1) is 0 Å². The first-order valence-electron chi connectivity index (χ1n) is 9.38. The molecule has 9 heteroatoms. The van der Waals surface area contributed by atoms with Gasteiger partial charge < -0.3 is 28.8 Å². The van der Waals surface area contributed by atoms with Gasteiger partial charge in [-0.15, -0.1) is 0 Å². The number of phosphoric acid groups is 1. The van der Waals surface area contributed by atoms with Crippen molar-refractivity contribution in [3.8, 4) is 0 Å². The minimum absolute atomic E-state index is 0.00976. The fraction of sp³-hybridized carbons (Fsp3) is 0.941. The summed E-state index contributed by atoms with van der Waals surface area (Å²) < 4.78 is 22.2. The lowest BCUT2D eigenvalue weighted by Crippen LogP contribution is -2.46. The van der Waals surface area contributed by atoms with Crippen LogP contribution in [0.25, 0.3) is 0 Å². The van der Waals surface area contributed by atoms with E-state index in [0.29, 0.717) is 17.4 Å². The van der Waals surface area contributed by atoms with Gasteiger partial charge in [0.15, 0.2) is 0 Å². The van der Waals surface area contributed by atoms with Crippen LogP contribution >= 0.6 is 7.82 Å². The molecule has 0 aliphatic carbocycles. The molecule has 0 rings (SSSR count). The summed E-state index contributed by atoms with van der Waals surface area (Å²) in [5, 5.41) is 12.9. The average molecular weight is 396 g/mol. The molecule has 0 aromatic heterocycles. The topological polar surface area (TPSA) is 108 Å². The number of carbonyl (C=O) groups is 1. The molecule has 0 saturated heterocycles. The van der Waals surface area contributed by atoms with Crippen LogP contribution in [0.2, 0.25) is 0 Å². The van der Waals surface area contributed by atoms with Crippen LogP contribution in [0.3, 0.4) is 0 Å². The Labute approximate surface area is 158 Å². The van der Waals surface area contributed by atoms with Gasteiger partial charge in [-0.05, 0) is 6.42 Å². The summed E-state index contributed by atoms with van der Waals surface area (Å²) >= 11 is 0. The van der Waals surface area contributed by atoms with Crippen molar-refractivity contribution in [2.24, 2.45) is 0 Å². The number of nitrogens with zero attached hydrogens (tertiary/aromatic N) is 1. The van der Waals surface area contributed by atoms with Gasteiger partial charge in [-0.2, -0.15) is 0 Å². The molecule has 0 fully saturated rings. The fourth-order valence-electron chi connectivity index (χ4n) is 2.17. The number of rotatable bonds is 15. The second kappa shape index (κ2) is 12.8. The van der Waals surface area contributed by atoms with Gasteiger partial charge in [0.1, 0.15) is 13.2 Å². The fourth-order valence-corrected chi connectivity index (χ4v) is 2.90. The van der Waals surface area contributed by atoms with Crippen molar-refractivity contribution in [3.05, 3.63) is 0 Å². The number of phosphoric ester groups is 1. The maximum atomic E-state index is 11.9. The van der Waals surface area contributed by atoms with E-state index < -0.39 is 20.0 Å². The number of likely N-dealkylation sites (N-methyl/N-ethyl adjacent to an activating group) is 1. The third kappa shape index (κ3) is 13.7. The lowest BCUT2D eigenvalue weighted by Gasteiger charge is -2.30. The van der Waals surface area contributed by atoms with Crippen LogP contribution in [0.1, 0.15) is 52.4 Å². The molecule has 3 unspecified atom stereocenters. The van der Waals surface area contributed by atoms with E-state index in [2.05, 4.69) is 12.2 Å². The van der Waals surface area contributed by atoms with Gasteiger partial charge >= 0.3 is 0 Å². The average Bonchev–Trinajstić information content (AvgIpc) is 2.53. The summed E-state index contributed by atoms with van der Waals surface area (Å²) in [6, 6.07) is -0.784. The Hall–Kier alpha value is -0.500. The van der Waals surface area contributed by atoms with E-state index in [1.807, 2.05) is 21.1 Å². The van der Waals surface area contributed by atoms with Crippen molar-refractivity contribution in [1.82, 2.24) is 5.32 Å². The van der Waals surface area contributed by atoms with Crippen molar-refractivity contribution in [1.29, 1.82) is 0 Å². The van der Waals surface area contributed by atoms with Gasteiger partial charge in [0.05, 0.1) is 39.9 Å². The predicted octanol–water partition coefficient (Wildman–Crippen LogP) is 1.42. The van der Waals surface area contributed by atoms with Crippen molar-refractivity contribution in [2.45, 2.75) is 64.5 Å². The summed E-state index contributed by atoms with van der Waals surface area (Å²) in [6.07, 6.45) is 3.80. The largest absolute Gasteiger partial charge is 0.756 e. The SMILES string of the molecule is CCCCCCC(O)C(COP(=O)([O-])OCC[N+](C)(C)C)NC(=O)CC. The van der Waals surface area contributed by atoms with E-state index in [9.17, 15) is 19.4 Å². The highest BCUT2D eigenvalue weighted by Crippen LogP contribution is 2.38. The van der Waals surface area contributed by atoms with E-state index in [1.54, 1.807) is 6.92 Å². The van der Waals surface area contributed by atoms with Crippen molar-refractivity contribution in [2.75, 3.05) is 40.9 Å². The molecule has 0 radical (unpaired) electrons. The van der Waals surface area contributed by atoms with Crippen LogP contribution in [0.4, 0.5) is 0 Å². The molecule has 0 saturated carbocycles. The molecule has 2 N–H and O–H groups in total. The zero-order chi connectivity index (χ0) is 20.2. The number of carbonyl (C=O) groups excluding carboxylic acids is 1. The van der Waals surface area contributed by atoms with Gasteiger partial charge in [0.2, 0.25) is 5.91 Å². The van der Waals surface area contributed by atoms with Crippen molar-refractivity contribution < 1.29 is 32.9 Å². The van der Waals surface area contributed by atoms with Gasteiger partial charge in [-0.3, -0.25) is 9.36 Å². The molecular weight excluding hydrogens is 359 g/mol. The first kappa shape index (κ1) is 25.5. The van der Waals surface area contributed by atoms with Gasteiger partial charge in [0, 0.05) is 6.42 Å². The number of aliphatic hydroxyl groups excluding tert-OH is 1. The summed E-state index contributed by atoms with van der Waals surface area (Å²) in [7, 11) is 1.28. The molecule has 0 bridgehead atoms. The molecule has 3 atom stereocenters. The zero-order valence-corrected chi connectivity index (χ0v) is 17.8. The van der Waals surface area contributed by atoms with Gasteiger partial charge in [-0.25, -0.2) is 0 Å². The van der Waals surface area contributed by atoms with Gasteiger partial charge in [-0.1, -0.05) is 39.5 Å². The van der Waals surface area contributed by atoms with Crippen molar-refractivity contribution >= 4 is 13.7 Å². The molecule has 156 valence electrons. The third-order valence-corrected chi connectivity index (χ3v) is 4.87. The standard InChI is InChI=1S/C17H37N2O6P/c1-6-8-9-10-11-16(20)15(18-17(21)7-2)14-25-26(22,23)24-13-12-19(3,4)5/h15-16,20H,6-14H2,1-5H3,(H-,18,21,22,23). The number of amides is 1. The summed E-state index contributed by atoms with van der Waals surface area (Å²) in [4.78, 5) is 23.5. The molecule has 1 amide bonds. The van der Waals surface area contributed by atoms with E-state index >= 15 is 0 Å². The summed E-state index contributed by atoms with van der Waals surface area (Å²) in [5.41, 5.74) is 0. The Morgan fingerprint density at radius 1 is 1.19 bits per heavy atom. The second-order valence-corrected chi connectivity index (χ2v) is 8.95. The molecule has 0 spiro atoms. The van der Waals surface area contributed by atoms with Crippen LogP contribution < -0.4 is 10.2 Å². The lowest BCUT2D eigenvalue weighted by atomic mass is 10.0. The van der Waals surface area contributed by atoms with Crippen molar-refractivity contribution in [3.63, 3.8) is 0 Å². The monoisotopic (exact) mass is 396 g/mol. The van der Waals surface area contributed by atoms with E-state index in [-0.39, 0.29) is 25.5 Å². The highest BCUT2D eigenvalue weighted by atomic mass is 31.2. The molecule has 26 heavy (non-hydrogen) atoms. The number of hydrogen-bond donors (Lipinski definition) is 2. The van der Waals surface area contributed by atoms with Crippen LogP contribution in [-0.4, -0.2) is 68.5 Å². The second-order valence-electron chi connectivity index (χ2n) is 7.53. The Balaban J connectivity index is 4.55.